The lowest BCUT2D eigenvalue weighted by Gasteiger charge is -2.20. The van der Waals surface area contributed by atoms with E-state index in [9.17, 15) is 4.39 Å². The molecule has 0 spiro atoms. The van der Waals surface area contributed by atoms with Crippen LogP contribution in [-0.4, -0.2) is 0 Å². The highest BCUT2D eigenvalue weighted by molar-refractivity contribution is 5.76. The second-order valence-corrected chi connectivity index (χ2v) is 6.03. The van der Waals surface area contributed by atoms with Gasteiger partial charge in [-0.05, 0) is 60.6 Å². The Kier molecular flexibility index (Phi) is 5.50. The van der Waals surface area contributed by atoms with Crippen molar-refractivity contribution in [3.05, 3.63) is 65.0 Å². The summed E-state index contributed by atoms with van der Waals surface area (Å²) in [7, 11) is 0. The predicted octanol–water partition coefficient (Wildman–Crippen LogP) is 6.09. The van der Waals surface area contributed by atoms with Crippen LogP contribution in [0.1, 0.15) is 45.7 Å². The van der Waals surface area contributed by atoms with Gasteiger partial charge in [0.15, 0.2) is 0 Å². The number of allylic oxidation sites excluding steroid dienone is 6. The molecule has 1 aromatic carbocycles. The first-order valence-corrected chi connectivity index (χ1v) is 7.07. The molecule has 0 heterocycles. The summed E-state index contributed by atoms with van der Waals surface area (Å²) in [5.41, 5.74) is 4.57. The molecule has 20 heavy (non-hydrogen) atoms. The molecular formula is C19H25F. The highest BCUT2D eigenvalue weighted by atomic mass is 19.1. The fraction of sp³-hybridized carbons (Fsp3) is 0.368. The fourth-order valence-electron chi connectivity index (χ4n) is 2.25. The van der Waals surface area contributed by atoms with E-state index in [1.165, 1.54) is 11.6 Å². The molecule has 0 saturated carbocycles. The van der Waals surface area contributed by atoms with Crippen molar-refractivity contribution < 1.29 is 4.39 Å². The van der Waals surface area contributed by atoms with Crippen LogP contribution in [-0.2, 0) is 0 Å². The van der Waals surface area contributed by atoms with Gasteiger partial charge in [-0.25, -0.2) is 4.39 Å². The molecule has 0 N–H and O–H groups in total. The van der Waals surface area contributed by atoms with Crippen LogP contribution < -0.4 is 0 Å². The van der Waals surface area contributed by atoms with Crippen molar-refractivity contribution in [3.8, 4) is 0 Å². The first kappa shape index (κ1) is 16.4. The SMILES string of the molecule is C\C=C(/C=C\C(=C/C)C(C)(C)C)c1ccc(F)cc1C. The summed E-state index contributed by atoms with van der Waals surface area (Å²) in [5.74, 6) is -0.186. The van der Waals surface area contributed by atoms with Gasteiger partial charge < -0.3 is 0 Å². The molecule has 108 valence electrons. The van der Waals surface area contributed by atoms with Gasteiger partial charge in [-0.15, -0.1) is 0 Å². The Bertz CT molecular complexity index is 552. The molecule has 0 nitrogen and oxygen atoms in total. The molecule has 0 radical (unpaired) electrons. The van der Waals surface area contributed by atoms with E-state index in [-0.39, 0.29) is 11.2 Å². The van der Waals surface area contributed by atoms with E-state index in [0.717, 1.165) is 16.7 Å². The Labute approximate surface area is 122 Å². The van der Waals surface area contributed by atoms with Crippen LogP contribution in [0.25, 0.3) is 5.57 Å². The minimum absolute atomic E-state index is 0.127. The van der Waals surface area contributed by atoms with E-state index in [1.54, 1.807) is 6.07 Å². The van der Waals surface area contributed by atoms with E-state index in [0.29, 0.717) is 0 Å². The molecule has 0 amide bonds. The molecule has 0 aliphatic heterocycles. The molecule has 0 aromatic heterocycles. The van der Waals surface area contributed by atoms with E-state index in [1.807, 2.05) is 19.9 Å². The lowest BCUT2D eigenvalue weighted by molar-refractivity contribution is 0.516. The fourth-order valence-corrected chi connectivity index (χ4v) is 2.25. The van der Waals surface area contributed by atoms with E-state index in [4.69, 9.17) is 0 Å². The first-order valence-electron chi connectivity index (χ1n) is 7.07. The first-order chi connectivity index (χ1) is 9.29. The van der Waals surface area contributed by atoms with Gasteiger partial charge in [0, 0.05) is 0 Å². The predicted molar refractivity (Wildman–Crippen MR) is 87.1 cm³/mol. The molecule has 1 aromatic rings. The van der Waals surface area contributed by atoms with Crippen molar-refractivity contribution in [2.75, 3.05) is 0 Å². The van der Waals surface area contributed by atoms with Crippen LogP contribution >= 0.6 is 0 Å². The van der Waals surface area contributed by atoms with Gasteiger partial charge >= 0.3 is 0 Å². The minimum atomic E-state index is -0.186. The molecule has 0 fully saturated rings. The quantitative estimate of drug-likeness (QED) is 0.584. The number of aryl methyl sites for hydroxylation is 1. The summed E-state index contributed by atoms with van der Waals surface area (Å²) >= 11 is 0. The number of hydrogen-bond donors (Lipinski definition) is 0. The van der Waals surface area contributed by atoms with Crippen molar-refractivity contribution >= 4 is 5.57 Å². The molecular weight excluding hydrogens is 247 g/mol. The zero-order valence-electron chi connectivity index (χ0n) is 13.4. The molecule has 0 bridgehead atoms. The number of halogens is 1. The van der Waals surface area contributed by atoms with Gasteiger partial charge in [-0.1, -0.05) is 51.1 Å². The maximum atomic E-state index is 13.2. The third-order valence-electron chi connectivity index (χ3n) is 3.43. The van der Waals surface area contributed by atoms with Crippen molar-refractivity contribution in [3.63, 3.8) is 0 Å². The van der Waals surface area contributed by atoms with E-state index in [2.05, 4.69) is 52.0 Å². The van der Waals surface area contributed by atoms with Crippen LogP contribution in [0, 0.1) is 18.2 Å². The van der Waals surface area contributed by atoms with Gasteiger partial charge in [-0.2, -0.15) is 0 Å². The minimum Gasteiger partial charge on any atom is -0.207 e. The van der Waals surface area contributed by atoms with Gasteiger partial charge in [0.05, 0.1) is 0 Å². The molecule has 0 aliphatic carbocycles. The average molecular weight is 272 g/mol. The summed E-state index contributed by atoms with van der Waals surface area (Å²) in [6.45, 7) is 12.6. The van der Waals surface area contributed by atoms with E-state index >= 15 is 0 Å². The Hall–Kier alpha value is -1.63. The molecule has 0 saturated heterocycles. The maximum absolute atomic E-state index is 13.2. The molecule has 1 heteroatoms. The zero-order chi connectivity index (χ0) is 15.3. The standard InChI is InChI=1S/C19H25F/c1-7-15(9-10-16(8-2)19(4,5)6)18-12-11-17(20)13-14(18)3/h7-13H,1-6H3/b10-9-,15-7+,16-8+. The van der Waals surface area contributed by atoms with Gasteiger partial charge in [-0.3, -0.25) is 0 Å². The monoisotopic (exact) mass is 272 g/mol. The van der Waals surface area contributed by atoms with Crippen LogP contribution in [0.3, 0.4) is 0 Å². The summed E-state index contributed by atoms with van der Waals surface area (Å²) in [5, 5.41) is 0. The van der Waals surface area contributed by atoms with Crippen molar-refractivity contribution in [2.45, 2.75) is 41.5 Å². The normalized spacial score (nSPS) is 14.2. The lowest BCUT2D eigenvalue weighted by atomic mass is 9.85. The van der Waals surface area contributed by atoms with Gasteiger partial charge in [0.2, 0.25) is 0 Å². The second kappa shape index (κ2) is 6.69. The van der Waals surface area contributed by atoms with E-state index < -0.39 is 0 Å². The third kappa shape index (κ3) is 4.19. The van der Waals surface area contributed by atoms with Crippen molar-refractivity contribution in [2.24, 2.45) is 5.41 Å². The number of benzene rings is 1. The maximum Gasteiger partial charge on any atom is 0.123 e. The van der Waals surface area contributed by atoms with Gasteiger partial charge in [0.25, 0.3) is 0 Å². The Morgan fingerprint density at radius 3 is 2.15 bits per heavy atom. The Morgan fingerprint density at radius 1 is 1.05 bits per heavy atom. The Morgan fingerprint density at radius 2 is 1.70 bits per heavy atom. The lowest BCUT2D eigenvalue weighted by Crippen LogP contribution is -2.07. The highest BCUT2D eigenvalue weighted by Crippen LogP contribution is 2.28. The Balaban J connectivity index is 3.11. The smallest absolute Gasteiger partial charge is 0.123 e. The second-order valence-electron chi connectivity index (χ2n) is 6.03. The van der Waals surface area contributed by atoms with Gasteiger partial charge in [0.1, 0.15) is 5.82 Å². The summed E-state index contributed by atoms with van der Waals surface area (Å²) < 4.78 is 13.2. The number of hydrogen-bond acceptors (Lipinski definition) is 0. The molecule has 1 rings (SSSR count). The van der Waals surface area contributed by atoms with Crippen molar-refractivity contribution in [1.82, 2.24) is 0 Å². The molecule has 0 unspecified atom stereocenters. The van der Waals surface area contributed by atoms with Crippen molar-refractivity contribution in [1.29, 1.82) is 0 Å². The molecule has 0 aliphatic rings. The molecule has 0 atom stereocenters. The number of rotatable bonds is 3. The summed E-state index contributed by atoms with van der Waals surface area (Å²) in [6, 6.07) is 4.93. The third-order valence-corrected chi connectivity index (χ3v) is 3.43. The zero-order valence-corrected chi connectivity index (χ0v) is 13.4. The summed E-state index contributed by atoms with van der Waals surface area (Å²) in [6.07, 6.45) is 8.47. The highest BCUT2D eigenvalue weighted by Gasteiger charge is 2.13. The topological polar surface area (TPSA) is 0 Å². The van der Waals surface area contributed by atoms with Crippen LogP contribution in [0.5, 0.6) is 0 Å². The average Bonchev–Trinajstić information content (AvgIpc) is 2.34. The van der Waals surface area contributed by atoms with Crippen LogP contribution in [0.15, 0.2) is 48.1 Å². The van der Waals surface area contributed by atoms with Crippen LogP contribution in [0.2, 0.25) is 0 Å². The summed E-state index contributed by atoms with van der Waals surface area (Å²) in [4.78, 5) is 0. The largest absolute Gasteiger partial charge is 0.207 e. The van der Waals surface area contributed by atoms with Crippen LogP contribution in [0.4, 0.5) is 4.39 Å².